The van der Waals surface area contributed by atoms with E-state index in [-0.39, 0.29) is 0 Å². The molecule has 0 unspecified atom stereocenters. The molecule has 1 aromatic carbocycles. The van der Waals surface area contributed by atoms with Crippen LogP contribution in [0.1, 0.15) is 31.9 Å². The Labute approximate surface area is 109 Å². The van der Waals surface area contributed by atoms with Gasteiger partial charge in [-0.15, -0.1) is 0 Å². The van der Waals surface area contributed by atoms with Gasteiger partial charge in [-0.1, -0.05) is 12.1 Å². The number of benzene rings is 1. The summed E-state index contributed by atoms with van der Waals surface area (Å²) in [5, 5.41) is 0. The van der Waals surface area contributed by atoms with Crippen LogP contribution in [0.2, 0.25) is 0 Å². The monoisotopic (exact) mass is 273 g/mol. The van der Waals surface area contributed by atoms with Crippen molar-refractivity contribution in [2.75, 3.05) is 0 Å². The van der Waals surface area contributed by atoms with E-state index in [1.165, 1.54) is 12.1 Å². The van der Waals surface area contributed by atoms with Crippen molar-refractivity contribution in [3.63, 3.8) is 0 Å². The van der Waals surface area contributed by atoms with Gasteiger partial charge < -0.3 is 4.74 Å². The number of nitrogens with zero attached hydrogens (tertiary/aromatic N) is 1. The number of hydrogen-bond acceptors (Lipinski definition) is 2. The molecule has 0 fully saturated rings. The van der Waals surface area contributed by atoms with Gasteiger partial charge in [0.2, 0.25) is 0 Å². The number of rotatable bonds is 1. The maximum Gasteiger partial charge on any atom is 0.434 e. The van der Waals surface area contributed by atoms with Gasteiger partial charge in [0.05, 0.1) is 5.56 Å². The van der Waals surface area contributed by atoms with Gasteiger partial charge in [0.1, 0.15) is 5.60 Å². The van der Waals surface area contributed by atoms with Crippen molar-refractivity contribution in [2.24, 2.45) is 4.99 Å². The predicted octanol–water partition coefficient (Wildman–Crippen LogP) is 4.06. The summed E-state index contributed by atoms with van der Waals surface area (Å²) >= 11 is 0. The quantitative estimate of drug-likeness (QED) is 0.724. The van der Waals surface area contributed by atoms with Crippen LogP contribution in [0.3, 0.4) is 0 Å². The fraction of sp³-hybridized carbons (Fsp3) is 0.385. The molecule has 0 aliphatic heterocycles. The highest BCUT2D eigenvalue weighted by molar-refractivity contribution is 5.88. The minimum atomic E-state index is -4.37. The van der Waals surface area contributed by atoms with E-state index in [4.69, 9.17) is 4.74 Å². The molecular formula is C13H14F3NO2. The molecule has 0 N–H and O–H groups in total. The molecule has 104 valence electrons. The zero-order valence-corrected chi connectivity index (χ0v) is 10.8. The lowest BCUT2D eigenvalue weighted by Crippen LogP contribution is -2.21. The van der Waals surface area contributed by atoms with Crippen molar-refractivity contribution >= 4 is 12.3 Å². The smallest absolute Gasteiger partial charge is 0.434 e. The molecule has 3 nitrogen and oxygen atoms in total. The molecule has 0 aliphatic carbocycles. The molecule has 0 saturated heterocycles. The first kappa shape index (κ1) is 15.2. The average Bonchev–Trinajstić information content (AvgIpc) is 2.23. The number of carbonyl (C=O) groups excluding carboxylic acids is 1. The lowest BCUT2D eigenvalue weighted by atomic mass is 10.1. The summed E-state index contributed by atoms with van der Waals surface area (Å²) in [4.78, 5) is 14.8. The van der Waals surface area contributed by atoms with Crippen molar-refractivity contribution in [1.29, 1.82) is 0 Å². The number of ether oxygens (including phenoxy) is 1. The fourth-order valence-corrected chi connectivity index (χ4v) is 1.17. The largest absolute Gasteiger partial charge is 0.442 e. The Morgan fingerprint density at radius 3 is 2.11 bits per heavy atom. The van der Waals surface area contributed by atoms with Crippen molar-refractivity contribution in [3.05, 3.63) is 35.4 Å². The first-order valence-corrected chi connectivity index (χ1v) is 5.52. The third kappa shape index (κ3) is 5.54. The van der Waals surface area contributed by atoms with Crippen molar-refractivity contribution < 1.29 is 22.7 Å². The van der Waals surface area contributed by atoms with Crippen LogP contribution in [-0.2, 0) is 10.9 Å². The third-order valence-corrected chi connectivity index (χ3v) is 1.95. The second-order valence-electron chi connectivity index (χ2n) is 4.86. The number of halogens is 3. The second-order valence-corrected chi connectivity index (χ2v) is 4.86. The Bertz CT molecular complexity index is 470. The minimum Gasteiger partial charge on any atom is -0.442 e. The maximum absolute atomic E-state index is 12.3. The molecule has 0 radical (unpaired) electrons. The summed E-state index contributed by atoms with van der Waals surface area (Å²) in [5.41, 5.74) is -1.02. The van der Waals surface area contributed by atoms with E-state index in [0.717, 1.165) is 18.3 Å². The minimum absolute atomic E-state index is 0.388. The molecule has 0 spiro atoms. The van der Waals surface area contributed by atoms with Crippen LogP contribution in [0.25, 0.3) is 0 Å². The van der Waals surface area contributed by atoms with Gasteiger partial charge in [0, 0.05) is 6.21 Å². The Hall–Kier alpha value is -1.85. The summed E-state index contributed by atoms with van der Waals surface area (Å²) in [5.74, 6) is 0. The van der Waals surface area contributed by atoms with Gasteiger partial charge in [-0.3, -0.25) is 0 Å². The van der Waals surface area contributed by atoms with Crippen LogP contribution >= 0.6 is 0 Å². The van der Waals surface area contributed by atoms with Gasteiger partial charge in [0.25, 0.3) is 0 Å². The molecule has 1 rings (SSSR count). The highest BCUT2D eigenvalue weighted by atomic mass is 19.4. The van der Waals surface area contributed by atoms with Crippen LogP contribution in [0, 0.1) is 0 Å². The number of carbonyl (C=O) groups is 1. The van der Waals surface area contributed by atoms with E-state index >= 15 is 0 Å². The van der Waals surface area contributed by atoms with E-state index in [1.807, 2.05) is 0 Å². The number of hydrogen-bond donors (Lipinski definition) is 0. The lowest BCUT2D eigenvalue weighted by molar-refractivity contribution is -0.137. The molecular weight excluding hydrogens is 259 g/mol. The Balaban J connectivity index is 2.71. The zero-order chi connectivity index (χ0) is 14.7. The molecule has 0 bridgehead atoms. The summed E-state index contributed by atoms with van der Waals surface area (Å²) < 4.78 is 41.9. The Morgan fingerprint density at radius 1 is 1.16 bits per heavy atom. The lowest BCUT2D eigenvalue weighted by Gasteiger charge is -2.17. The molecule has 0 aromatic heterocycles. The van der Waals surface area contributed by atoms with E-state index in [2.05, 4.69) is 4.99 Å². The number of aliphatic imine (C=N–C) groups is 1. The van der Waals surface area contributed by atoms with Gasteiger partial charge in [-0.25, -0.2) is 4.79 Å². The molecule has 1 aromatic rings. The highest BCUT2D eigenvalue weighted by Gasteiger charge is 2.29. The van der Waals surface area contributed by atoms with Gasteiger partial charge >= 0.3 is 12.3 Å². The first-order chi connectivity index (χ1) is 8.58. The first-order valence-electron chi connectivity index (χ1n) is 5.52. The van der Waals surface area contributed by atoms with E-state index in [0.29, 0.717) is 5.56 Å². The molecule has 6 heteroatoms. The van der Waals surface area contributed by atoms with Crippen LogP contribution < -0.4 is 0 Å². The zero-order valence-electron chi connectivity index (χ0n) is 10.8. The standard InChI is InChI=1S/C13H14F3NO2/c1-12(2,3)19-11(18)17-8-9-4-6-10(7-5-9)13(14,15)16/h4-8H,1-3H3/b17-8+. The van der Waals surface area contributed by atoms with Gasteiger partial charge in [-0.2, -0.15) is 18.2 Å². The fourth-order valence-electron chi connectivity index (χ4n) is 1.17. The van der Waals surface area contributed by atoms with Gasteiger partial charge in [0.15, 0.2) is 0 Å². The van der Waals surface area contributed by atoms with Crippen LogP contribution in [-0.4, -0.2) is 17.9 Å². The van der Waals surface area contributed by atoms with E-state index < -0.39 is 23.4 Å². The Morgan fingerprint density at radius 2 is 1.68 bits per heavy atom. The molecule has 0 atom stereocenters. The van der Waals surface area contributed by atoms with Crippen molar-refractivity contribution in [1.82, 2.24) is 0 Å². The highest BCUT2D eigenvalue weighted by Crippen LogP contribution is 2.28. The summed E-state index contributed by atoms with van der Waals surface area (Å²) in [6.07, 6.45) is -4.00. The average molecular weight is 273 g/mol. The van der Waals surface area contributed by atoms with Crippen LogP contribution in [0.4, 0.5) is 18.0 Å². The second kappa shape index (κ2) is 5.42. The van der Waals surface area contributed by atoms with Crippen molar-refractivity contribution in [3.8, 4) is 0 Å². The molecule has 1 amide bonds. The summed E-state index contributed by atoms with van der Waals surface area (Å²) in [7, 11) is 0. The Kier molecular flexibility index (Phi) is 4.34. The van der Waals surface area contributed by atoms with Gasteiger partial charge in [-0.05, 0) is 38.5 Å². The molecule has 0 saturated carbocycles. The predicted molar refractivity (Wildman–Crippen MR) is 65.3 cm³/mol. The molecule has 0 aliphatic rings. The third-order valence-electron chi connectivity index (χ3n) is 1.95. The van der Waals surface area contributed by atoms with Crippen molar-refractivity contribution in [2.45, 2.75) is 32.5 Å². The number of amides is 1. The topological polar surface area (TPSA) is 38.7 Å². The maximum atomic E-state index is 12.3. The normalized spacial score (nSPS) is 12.7. The SMILES string of the molecule is CC(C)(C)OC(=O)/N=C/c1ccc(C(F)(F)F)cc1. The summed E-state index contributed by atoms with van der Waals surface area (Å²) in [6, 6.07) is 4.32. The summed E-state index contributed by atoms with van der Waals surface area (Å²) in [6.45, 7) is 5.08. The van der Waals surface area contributed by atoms with E-state index in [9.17, 15) is 18.0 Å². The van der Waals surface area contributed by atoms with E-state index in [1.54, 1.807) is 20.8 Å². The van der Waals surface area contributed by atoms with Crippen LogP contribution in [0.5, 0.6) is 0 Å². The molecule has 19 heavy (non-hydrogen) atoms. The molecule has 0 heterocycles. The van der Waals surface area contributed by atoms with Crippen LogP contribution in [0.15, 0.2) is 29.3 Å². The number of alkyl halides is 3.